The Labute approximate surface area is 116 Å². The van der Waals surface area contributed by atoms with Gasteiger partial charge in [-0.3, -0.25) is 0 Å². The summed E-state index contributed by atoms with van der Waals surface area (Å²) in [7, 11) is 1.76. The van der Waals surface area contributed by atoms with Crippen molar-refractivity contribution >= 4 is 29.1 Å². The topological polar surface area (TPSA) is 73.6 Å². The van der Waals surface area contributed by atoms with Crippen molar-refractivity contribution in [3.05, 3.63) is 40.5 Å². The van der Waals surface area contributed by atoms with Crippen molar-refractivity contribution in [2.45, 2.75) is 6.92 Å². The molecule has 5 nitrogen and oxygen atoms in total. The van der Waals surface area contributed by atoms with E-state index in [0.29, 0.717) is 22.4 Å². The molecule has 0 aliphatic carbocycles. The number of rotatable bonds is 3. The smallest absolute Gasteiger partial charge is 0.224 e. The van der Waals surface area contributed by atoms with E-state index >= 15 is 0 Å². The molecule has 0 fully saturated rings. The number of nitrogens with zero attached hydrogens (tertiary/aromatic N) is 3. The van der Waals surface area contributed by atoms with Gasteiger partial charge in [0, 0.05) is 24.5 Å². The van der Waals surface area contributed by atoms with Crippen LogP contribution < -0.4 is 10.6 Å². The van der Waals surface area contributed by atoms with Gasteiger partial charge in [-0.05, 0) is 25.1 Å². The van der Waals surface area contributed by atoms with Crippen LogP contribution in [0.4, 0.5) is 17.5 Å². The van der Waals surface area contributed by atoms with Crippen LogP contribution in [0.15, 0.2) is 24.4 Å². The molecule has 0 bridgehead atoms. The molecule has 0 saturated heterocycles. The number of halogens is 1. The lowest BCUT2D eigenvalue weighted by molar-refractivity contribution is 1.12. The summed E-state index contributed by atoms with van der Waals surface area (Å²) in [6, 6.07) is 7.17. The van der Waals surface area contributed by atoms with E-state index in [1.807, 2.05) is 13.0 Å². The number of aryl methyl sites for hydroxylation is 1. The van der Waals surface area contributed by atoms with Gasteiger partial charge in [-0.2, -0.15) is 10.2 Å². The van der Waals surface area contributed by atoms with E-state index in [2.05, 4.69) is 20.6 Å². The highest BCUT2D eigenvalue weighted by Gasteiger charge is 2.05. The number of anilines is 3. The van der Waals surface area contributed by atoms with Crippen molar-refractivity contribution in [2.75, 3.05) is 17.7 Å². The van der Waals surface area contributed by atoms with Gasteiger partial charge < -0.3 is 10.6 Å². The third-order valence-electron chi connectivity index (χ3n) is 2.55. The zero-order valence-corrected chi connectivity index (χ0v) is 11.3. The molecular formula is C13H12ClN5. The Morgan fingerprint density at radius 3 is 2.79 bits per heavy atom. The average molecular weight is 274 g/mol. The summed E-state index contributed by atoms with van der Waals surface area (Å²) in [6.45, 7) is 1.91. The molecule has 6 heteroatoms. The Balaban J connectivity index is 2.31. The molecule has 2 rings (SSSR count). The lowest BCUT2D eigenvalue weighted by Crippen LogP contribution is -2.02. The van der Waals surface area contributed by atoms with Crippen molar-refractivity contribution in [1.82, 2.24) is 9.97 Å². The molecule has 96 valence electrons. The summed E-state index contributed by atoms with van der Waals surface area (Å²) in [5.74, 6) is 1.23. The van der Waals surface area contributed by atoms with E-state index < -0.39 is 0 Å². The lowest BCUT2D eigenvalue weighted by atomic mass is 10.2. The monoisotopic (exact) mass is 273 g/mol. The Kier molecular flexibility index (Phi) is 3.83. The van der Waals surface area contributed by atoms with Gasteiger partial charge in [0.1, 0.15) is 11.9 Å². The molecule has 2 aromatic rings. The van der Waals surface area contributed by atoms with E-state index in [4.69, 9.17) is 16.9 Å². The molecule has 1 aromatic carbocycles. The molecule has 0 aliphatic rings. The Bertz CT molecular complexity index is 648. The van der Waals surface area contributed by atoms with Gasteiger partial charge in [-0.1, -0.05) is 11.6 Å². The van der Waals surface area contributed by atoms with Crippen LogP contribution >= 0.6 is 11.6 Å². The summed E-state index contributed by atoms with van der Waals surface area (Å²) in [6.07, 6.45) is 1.73. The lowest BCUT2D eigenvalue weighted by Gasteiger charge is -2.10. The molecular weight excluding hydrogens is 262 g/mol. The first-order valence-corrected chi connectivity index (χ1v) is 6.00. The van der Waals surface area contributed by atoms with E-state index in [9.17, 15) is 0 Å². The summed E-state index contributed by atoms with van der Waals surface area (Å²) in [5.41, 5.74) is 2.13. The molecule has 0 aliphatic heterocycles. The standard InChI is InChI=1S/C13H12ClN5/c1-8-7-17-13(16-2)19-12(8)18-10-4-3-9(6-15)11(14)5-10/h3-5,7H,1-2H3,(H2,16,17,18,19). The van der Waals surface area contributed by atoms with Crippen molar-refractivity contribution in [1.29, 1.82) is 5.26 Å². The van der Waals surface area contributed by atoms with E-state index in [-0.39, 0.29) is 0 Å². The minimum Gasteiger partial charge on any atom is -0.357 e. The highest BCUT2D eigenvalue weighted by Crippen LogP contribution is 2.24. The number of aromatic nitrogens is 2. The van der Waals surface area contributed by atoms with Gasteiger partial charge in [0.25, 0.3) is 0 Å². The van der Waals surface area contributed by atoms with Crippen LogP contribution in [0.1, 0.15) is 11.1 Å². The SMILES string of the molecule is CNc1ncc(C)c(Nc2ccc(C#N)c(Cl)c2)n1. The van der Waals surface area contributed by atoms with Crippen LogP contribution in [0.5, 0.6) is 0 Å². The van der Waals surface area contributed by atoms with Crippen LogP contribution in [-0.4, -0.2) is 17.0 Å². The predicted octanol–water partition coefficient (Wildman–Crippen LogP) is 3.10. The number of benzene rings is 1. The molecule has 0 unspecified atom stereocenters. The predicted molar refractivity (Wildman–Crippen MR) is 75.8 cm³/mol. The Hall–Kier alpha value is -2.32. The molecule has 0 amide bonds. The fourth-order valence-electron chi connectivity index (χ4n) is 1.51. The fraction of sp³-hybridized carbons (Fsp3) is 0.154. The van der Waals surface area contributed by atoms with Gasteiger partial charge >= 0.3 is 0 Å². The van der Waals surface area contributed by atoms with Crippen molar-refractivity contribution < 1.29 is 0 Å². The summed E-state index contributed by atoms with van der Waals surface area (Å²) < 4.78 is 0. The Morgan fingerprint density at radius 1 is 1.37 bits per heavy atom. The average Bonchev–Trinajstić information content (AvgIpc) is 2.41. The number of hydrogen-bond acceptors (Lipinski definition) is 5. The normalized spacial score (nSPS) is 9.79. The van der Waals surface area contributed by atoms with Crippen molar-refractivity contribution in [3.8, 4) is 6.07 Å². The summed E-state index contributed by atoms with van der Waals surface area (Å²) in [4.78, 5) is 8.43. The first kappa shape index (κ1) is 13.1. The minimum atomic E-state index is 0.410. The largest absolute Gasteiger partial charge is 0.357 e. The van der Waals surface area contributed by atoms with Crippen LogP contribution in [0.25, 0.3) is 0 Å². The summed E-state index contributed by atoms with van der Waals surface area (Å²) in [5, 5.41) is 15.3. The van der Waals surface area contributed by atoms with Gasteiger partial charge in [0.2, 0.25) is 5.95 Å². The number of nitrogens with one attached hydrogen (secondary N) is 2. The second-order valence-corrected chi connectivity index (χ2v) is 4.31. The zero-order chi connectivity index (χ0) is 13.8. The van der Waals surface area contributed by atoms with E-state index in [1.54, 1.807) is 31.4 Å². The van der Waals surface area contributed by atoms with E-state index in [1.165, 1.54) is 0 Å². The first-order valence-electron chi connectivity index (χ1n) is 5.62. The maximum atomic E-state index is 8.83. The third-order valence-corrected chi connectivity index (χ3v) is 2.86. The molecule has 0 radical (unpaired) electrons. The Morgan fingerprint density at radius 2 is 2.16 bits per heavy atom. The van der Waals surface area contributed by atoms with Gasteiger partial charge in [0.05, 0.1) is 10.6 Å². The van der Waals surface area contributed by atoms with Crippen LogP contribution in [0.3, 0.4) is 0 Å². The van der Waals surface area contributed by atoms with Crippen molar-refractivity contribution in [3.63, 3.8) is 0 Å². The number of nitriles is 1. The second-order valence-electron chi connectivity index (χ2n) is 3.91. The van der Waals surface area contributed by atoms with Crippen molar-refractivity contribution in [2.24, 2.45) is 0 Å². The highest BCUT2D eigenvalue weighted by atomic mass is 35.5. The minimum absolute atomic E-state index is 0.410. The summed E-state index contributed by atoms with van der Waals surface area (Å²) >= 11 is 5.99. The van der Waals surface area contributed by atoms with Crippen LogP contribution in [-0.2, 0) is 0 Å². The molecule has 19 heavy (non-hydrogen) atoms. The quantitative estimate of drug-likeness (QED) is 0.899. The van der Waals surface area contributed by atoms with Gasteiger partial charge in [-0.25, -0.2) is 4.98 Å². The van der Waals surface area contributed by atoms with E-state index in [0.717, 1.165) is 11.3 Å². The zero-order valence-electron chi connectivity index (χ0n) is 10.5. The molecule has 1 heterocycles. The fourth-order valence-corrected chi connectivity index (χ4v) is 1.73. The highest BCUT2D eigenvalue weighted by molar-refractivity contribution is 6.32. The van der Waals surface area contributed by atoms with Gasteiger partial charge in [0.15, 0.2) is 0 Å². The molecule has 0 spiro atoms. The maximum absolute atomic E-state index is 8.83. The third kappa shape index (κ3) is 2.92. The molecule has 0 atom stereocenters. The molecule has 0 saturated carbocycles. The molecule has 2 N–H and O–H groups in total. The number of hydrogen-bond donors (Lipinski definition) is 2. The second kappa shape index (κ2) is 5.55. The van der Waals surface area contributed by atoms with Crippen LogP contribution in [0.2, 0.25) is 5.02 Å². The maximum Gasteiger partial charge on any atom is 0.224 e. The molecule has 1 aromatic heterocycles. The first-order chi connectivity index (χ1) is 9.13. The van der Waals surface area contributed by atoms with Gasteiger partial charge in [-0.15, -0.1) is 0 Å². The van der Waals surface area contributed by atoms with Crippen LogP contribution in [0, 0.1) is 18.3 Å².